The Morgan fingerprint density at radius 2 is 1.55 bits per heavy atom. The lowest BCUT2D eigenvalue weighted by Gasteiger charge is -2.57. The molecule has 0 radical (unpaired) electrons. The molecule has 0 aromatic heterocycles. The summed E-state index contributed by atoms with van der Waals surface area (Å²) in [6, 6.07) is 0. The number of allylic oxidation sites excluding steroid dienone is 1. The fraction of sp³-hybridized carbons (Fsp3) is 0.781. The minimum Gasteiger partial charge on any atom is -0.462 e. The third-order valence-corrected chi connectivity index (χ3v) is 10.4. The first-order valence-corrected chi connectivity index (χ1v) is 15.4. The zero-order valence-electron chi connectivity index (χ0n) is 25.4. The third-order valence-electron chi connectivity index (χ3n) is 10.4. The molecule has 2 unspecified atom stereocenters. The normalized spacial score (nSPS) is 31.7. The highest BCUT2D eigenvalue weighted by atomic mass is 16.7. The molecule has 4 aliphatic carbocycles. The Balaban J connectivity index is 1.18. The van der Waals surface area contributed by atoms with E-state index in [1.807, 2.05) is 6.08 Å². The van der Waals surface area contributed by atoms with E-state index < -0.39 is 30.0 Å². The van der Waals surface area contributed by atoms with Gasteiger partial charge >= 0.3 is 23.9 Å². The van der Waals surface area contributed by atoms with Gasteiger partial charge in [-0.3, -0.25) is 24.0 Å². The van der Waals surface area contributed by atoms with E-state index in [4.69, 9.17) is 23.7 Å². The molecule has 0 N–H and O–H groups in total. The molecule has 0 aromatic carbocycles. The van der Waals surface area contributed by atoms with Crippen LogP contribution in [0.3, 0.4) is 0 Å². The van der Waals surface area contributed by atoms with Gasteiger partial charge in [0.15, 0.2) is 18.7 Å². The molecular weight excluding hydrogens is 544 g/mol. The number of esters is 4. The van der Waals surface area contributed by atoms with Gasteiger partial charge in [0.1, 0.15) is 13.2 Å². The molecule has 4 rings (SSSR count). The summed E-state index contributed by atoms with van der Waals surface area (Å²) in [6.45, 7) is 6.61. The van der Waals surface area contributed by atoms with Crippen LogP contribution < -0.4 is 0 Å². The van der Waals surface area contributed by atoms with Gasteiger partial charge in [0.05, 0.1) is 6.10 Å². The average molecular weight is 591 g/mol. The van der Waals surface area contributed by atoms with E-state index in [2.05, 4.69) is 13.8 Å². The maximum absolute atomic E-state index is 12.3. The Bertz CT molecular complexity index is 1060. The summed E-state index contributed by atoms with van der Waals surface area (Å²) in [5.74, 6) is -0.0246. The smallest absolute Gasteiger partial charge is 0.307 e. The highest BCUT2D eigenvalue weighted by Gasteiger charge is 2.59. The molecular formula is C32H46O10. The summed E-state index contributed by atoms with van der Waals surface area (Å²) in [5.41, 5.74) is 1.57. The maximum atomic E-state index is 12.3. The fourth-order valence-corrected chi connectivity index (χ4v) is 8.20. The number of hydrogen-bond acceptors (Lipinski definition) is 10. The van der Waals surface area contributed by atoms with Gasteiger partial charge in [0.25, 0.3) is 0 Å². The van der Waals surface area contributed by atoms with Crippen molar-refractivity contribution in [3.05, 3.63) is 11.6 Å². The van der Waals surface area contributed by atoms with Crippen molar-refractivity contribution in [2.75, 3.05) is 20.0 Å². The quantitative estimate of drug-likeness (QED) is 0.180. The van der Waals surface area contributed by atoms with Crippen LogP contribution in [0.1, 0.15) is 98.3 Å². The number of carbonyl (C=O) groups excluding carboxylic acids is 5. The number of rotatable bonds is 12. The summed E-state index contributed by atoms with van der Waals surface area (Å²) in [5, 5.41) is 0. The van der Waals surface area contributed by atoms with E-state index in [-0.39, 0.29) is 62.0 Å². The van der Waals surface area contributed by atoms with Gasteiger partial charge < -0.3 is 23.7 Å². The van der Waals surface area contributed by atoms with Crippen molar-refractivity contribution in [2.45, 2.75) is 111 Å². The van der Waals surface area contributed by atoms with Gasteiger partial charge in [-0.1, -0.05) is 19.4 Å². The van der Waals surface area contributed by atoms with Crippen molar-refractivity contribution in [3.63, 3.8) is 0 Å². The van der Waals surface area contributed by atoms with Crippen molar-refractivity contribution >= 4 is 29.7 Å². The predicted octanol–water partition coefficient (Wildman–Crippen LogP) is 4.61. The number of ether oxygens (including phenoxy) is 5. The zero-order chi connectivity index (χ0) is 30.5. The lowest BCUT2D eigenvalue weighted by molar-refractivity contribution is -0.172. The van der Waals surface area contributed by atoms with Crippen LogP contribution in [0.2, 0.25) is 0 Å². The predicted molar refractivity (Wildman–Crippen MR) is 150 cm³/mol. The lowest BCUT2D eigenvalue weighted by Crippen LogP contribution is -2.51. The van der Waals surface area contributed by atoms with Crippen molar-refractivity contribution in [1.29, 1.82) is 0 Å². The third kappa shape index (κ3) is 7.41. The highest BCUT2D eigenvalue weighted by Crippen LogP contribution is 2.65. The lowest BCUT2D eigenvalue weighted by atomic mass is 9.47. The first kappa shape index (κ1) is 32.2. The van der Waals surface area contributed by atoms with Gasteiger partial charge in [0, 0.05) is 33.1 Å². The Hall–Kier alpha value is -2.75. The number of hydrogen-bond donors (Lipinski definition) is 0. The second kappa shape index (κ2) is 13.7. The van der Waals surface area contributed by atoms with Crippen LogP contribution in [0.4, 0.5) is 0 Å². The van der Waals surface area contributed by atoms with Crippen LogP contribution in [0.25, 0.3) is 0 Å². The first-order valence-electron chi connectivity index (χ1n) is 15.4. The monoisotopic (exact) mass is 590 g/mol. The van der Waals surface area contributed by atoms with Crippen molar-refractivity contribution in [3.8, 4) is 0 Å². The molecule has 10 heteroatoms. The van der Waals surface area contributed by atoms with Gasteiger partial charge in [-0.05, 0) is 86.0 Å². The van der Waals surface area contributed by atoms with E-state index in [1.165, 1.54) is 19.4 Å². The molecule has 0 bridgehead atoms. The van der Waals surface area contributed by atoms with Crippen LogP contribution in [-0.4, -0.2) is 61.9 Å². The highest BCUT2D eigenvalue weighted by molar-refractivity contribution is 5.91. The van der Waals surface area contributed by atoms with E-state index >= 15 is 0 Å². The topological polar surface area (TPSA) is 132 Å². The van der Waals surface area contributed by atoms with Gasteiger partial charge in [-0.15, -0.1) is 0 Å². The zero-order valence-corrected chi connectivity index (χ0v) is 25.4. The Labute approximate surface area is 248 Å². The number of fused-ring (bicyclic) bond motifs is 5. The summed E-state index contributed by atoms with van der Waals surface area (Å²) in [4.78, 5) is 58.7. The minimum atomic E-state index is -0.917. The average Bonchev–Trinajstić information content (AvgIpc) is 3.26. The van der Waals surface area contributed by atoms with Crippen LogP contribution in [-0.2, 0) is 47.7 Å². The van der Waals surface area contributed by atoms with Crippen LogP contribution in [0.5, 0.6) is 0 Å². The van der Waals surface area contributed by atoms with E-state index in [0.29, 0.717) is 24.2 Å². The van der Waals surface area contributed by atoms with E-state index in [9.17, 15) is 24.0 Å². The number of carbonyl (C=O) groups is 5. The standard InChI is InChI=1S/C32H46O10/c1-20(33)38-17-24(18-39-21(2)34)42-30(37)7-5-6-29(36)41-19-40-28-11-10-26-25-9-8-22-16-23(35)12-14-31(22,3)27(25)13-15-32(26,28)4/h16,24-28H,5-15,17-19H2,1-4H3/t25?,26-,27-,28-,31?,32-/m0/s1. The number of ketones is 1. The summed E-state index contributed by atoms with van der Waals surface area (Å²) in [6.07, 6.45) is 9.34. The molecule has 3 fully saturated rings. The fourth-order valence-electron chi connectivity index (χ4n) is 8.20. The molecule has 0 saturated heterocycles. The molecule has 6 atom stereocenters. The SMILES string of the molecule is CC(=O)OCC(COC(C)=O)OC(=O)CCCC(=O)OCO[C@H]1CC[C@H]2C3CCC4=CC(=O)CCC4(C)[C@H]3CC[C@]12C. The molecule has 42 heavy (non-hydrogen) atoms. The second-order valence-electron chi connectivity index (χ2n) is 13.0. The molecule has 4 aliphatic rings. The van der Waals surface area contributed by atoms with Crippen molar-refractivity contribution < 1.29 is 47.7 Å². The van der Waals surface area contributed by atoms with Crippen LogP contribution in [0, 0.1) is 28.6 Å². The molecule has 3 saturated carbocycles. The Morgan fingerprint density at radius 3 is 2.24 bits per heavy atom. The maximum Gasteiger partial charge on any atom is 0.307 e. The molecule has 10 nitrogen and oxygen atoms in total. The first-order chi connectivity index (χ1) is 19.9. The molecule has 0 amide bonds. The van der Waals surface area contributed by atoms with E-state index in [0.717, 1.165) is 44.9 Å². The van der Waals surface area contributed by atoms with Crippen molar-refractivity contribution in [1.82, 2.24) is 0 Å². The van der Waals surface area contributed by atoms with Crippen LogP contribution in [0.15, 0.2) is 11.6 Å². The minimum absolute atomic E-state index is 0.0300. The summed E-state index contributed by atoms with van der Waals surface area (Å²) < 4.78 is 26.5. The Morgan fingerprint density at radius 1 is 0.857 bits per heavy atom. The largest absolute Gasteiger partial charge is 0.462 e. The van der Waals surface area contributed by atoms with Crippen LogP contribution >= 0.6 is 0 Å². The molecule has 234 valence electrons. The molecule has 0 aliphatic heterocycles. The van der Waals surface area contributed by atoms with Gasteiger partial charge in [-0.2, -0.15) is 0 Å². The Kier molecular flexibility index (Phi) is 10.5. The summed E-state index contributed by atoms with van der Waals surface area (Å²) in [7, 11) is 0. The molecule has 0 spiro atoms. The van der Waals surface area contributed by atoms with Gasteiger partial charge in [0.2, 0.25) is 0 Å². The summed E-state index contributed by atoms with van der Waals surface area (Å²) >= 11 is 0. The van der Waals surface area contributed by atoms with Crippen molar-refractivity contribution in [2.24, 2.45) is 28.6 Å². The molecule has 0 aromatic rings. The molecule has 0 heterocycles. The van der Waals surface area contributed by atoms with E-state index in [1.54, 1.807) is 0 Å². The second-order valence-corrected chi connectivity index (χ2v) is 13.0. The van der Waals surface area contributed by atoms with Gasteiger partial charge in [-0.25, -0.2) is 0 Å².